The van der Waals surface area contributed by atoms with E-state index in [4.69, 9.17) is 0 Å². The molecular formula is C23H29F2N5O3. The minimum Gasteiger partial charge on any atom is -0.465 e. The van der Waals surface area contributed by atoms with Crippen molar-refractivity contribution in [3.05, 3.63) is 55.5 Å². The minimum atomic E-state index is -2.96. The Kier molecular flexibility index (Phi) is 8.08. The predicted octanol–water partition coefficient (Wildman–Crippen LogP) is 5.50. The molecule has 0 aromatic carbocycles. The number of anilines is 1. The SMILES string of the molecule is C=CC[C@H](c1cc(-c2c(NC(=O)C(C)C=C)cnn2C(F)F)ccn1)N(C(=O)O)C(C)(C)C. The Labute approximate surface area is 191 Å². The fraction of sp³-hybridized carbons (Fsp3) is 0.391. The van der Waals surface area contributed by atoms with E-state index < -0.39 is 36.0 Å². The second-order valence-electron chi connectivity index (χ2n) is 8.48. The molecule has 1 unspecified atom stereocenters. The van der Waals surface area contributed by atoms with Crippen LogP contribution in [-0.2, 0) is 4.79 Å². The molecule has 0 saturated heterocycles. The first-order valence-electron chi connectivity index (χ1n) is 10.3. The van der Waals surface area contributed by atoms with Crippen LogP contribution in [0.3, 0.4) is 0 Å². The highest BCUT2D eigenvalue weighted by molar-refractivity contribution is 5.96. The van der Waals surface area contributed by atoms with Gasteiger partial charge in [0.25, 0.3) is 0 Å². The van der Waals surface area contributed by atoms with E-state index in [1.54, 1.807) is 33.8 Å². The van der Waals surface area contributed by atoms with E-state index in [1.165, 1.54) is 29.3 Å². The smallest absolute Gasteiger partial charge is 0.408 e. The first kappa shape index (κ1) is 25.7. The van der Waals surface area contributed by atoms with Gasteiger partial charge in [-0.05, 0) is 39.3 Å². The fourth-order valence-corrected chi connectivity index (χ4v) is 3.42. The third-order valence-corrected chi connectivity index (χ3v) is 5.03. The van der Waals surface area contributed by atoms with Gasteiger partial charge in [-0.1, -0.05) is 19.1 Å². The number of hydrogen-bond acceptors (Lipinski definition) is 4. The van der Waals surface area contributed by atoms with Crippen molar-refractivity contribution in [3.63, 3.8) is 0 Å². The van der Waals surface area contributed by atoms with Gasteiger partial charge in [0.05, 0.1) is 35.2 Å². The monoisotopic (exact) mass is 461 g/mol. The van der Waals surface area contributed by atoms with Crippen LogP contribution in [0.1, 0.15) is 52.4 Å². The lowest BCUT2D eigenvalue weighted by Crippen LogP contribution is -2.47. The maximum absolute atomic E-state index is 13.7. The van der Waals surface area contributed by atoms with Gasteiger partial charge in [0.2, 0.25) is 5.91 Å². The van der Waals surface area contributed by atoms with E-state index in [1.807, 2.05) is 0 Å². The van der Waals surface area contributed by atoms with Gasteiger partial charge < -0.3 is 10.4 Å². The molecule has 0 radical (unpaired) electrons. The third kappa shape index (κ3) is 5.82. The molecule has 2 amide bonds. The molecule has 0 aliphatic carbocycles. The predicted molar refractivity (Wildman–Crippen MR) is 122 cm³/mol. The number of amides is 2. The lowest BCUT2D eigenvalue weighted by atomic mass is 9.98. The molecule has 178 valence electrons. The summed E-state index contributed by atoms with van der Waals surface area (Å²) in [6, 6.07) is 2.32. The summed E-state index contributed by atoms with van der Waals surface area (Å²) in [5.41, 5.74) is -0.0382. The molecule has 2 N–H and O–H groups in total. The maximum Gasteiger partial charge on any atom is 0.408 e. The van der Waals surface area contributed by atoms with Crippen LogP contribution in [0.5, 0.6) is 0 Å². The highest BCUT2D eigenvalue weighted by Crippen LogP contribution is 2.35. The number of carboxylic acid groups (broad SMARTS) is 1. The zero-order valence-corrected chi connectivity index (χ0v) is 19.1. The summed E-state index contributed by atoms with van der Waals surface area (Å²) >= 11 is 0. The van der Waals surface area contributed by atoms with Crippen LogP contribution in [0.2, 0.25) is 0 Å². The molecule has 0 bridgehead atoms. The quantitative estimate of drug-likeness (QED) is 0.481. The number of pyridine rings is 1. The summed E-state index contributed by atoms with van der Waals surface area (Å²) in [5.74, 6) is -0.975. The van der Waals surface area contributed by atoms with Crippen LogP contribution < -0.4 is 5.32 Å². The molecule has 0 saturated carbocycles. The van der Waals surface area contributed by atoms with Crippen LogP contribution in [0.15, 0.2) is 49.8 Å². The van der Waals surface area contributed by atoms with Gasteiger partial charge in [0.15, 0.2) is 0 Å². The third-order valence-electron chi connectivity index (χ3n) is 5.03. The van der Waals surface area contributed by atoms with Gasteiger partial charge in [-0.2, -0.15) is 13.9 Å². The van der Waals surface area contributed by atoms with Crippen molar-refractivity contribution in [3.8, 4) is 11.3 Å². The normalized spacial score (nSPS) is 13.3. The van der Waals surface area contributed by atoms with Crippen molar-refractivity contribution in [1.29, 1.82) is 0 Å². The van der Waals surface area contributed by atoms with Crippen molar-refractivity contribution in [2.24, 2.45) is 5.92 Å². The number of carbonyl (C=O) groups is 2. The molecule has 0 aliphatic rings. The van der Waals surface area contributed by atoms with Gasteiger partial charge >= 0.3 is 12.6 Å². The highest BCUT2D eigenvalue weighted by atomic mass is 19.3. The van der Waals surface area contributed by atoms with Crippen LogP contribution in [0, 0.1) is 5.92 Å². The van der Waals surface area contributed by atoms with E-state index in [0.717, 1.165) is 6.20 Å². The molecule has 2 aromatic rings. The Morgan fingerprint density at radius 3 is 2.52 bits per heavy atom. The molecule has 0 spiro atoms. The molecule has 10 heteroatoms. The number of nitrogens with zero attached hydrogens (tertiary/aromatic N) is 4. The Morgan fingerprint density at radius 1 is 1.33 bits per heavy atom. The van der Waals surface area contributed by atoms with Gasteiger partial charge in [0, 0.05) is 17.3 Å². The molecule has 8 nitrogen and oxygen atoms in total. The molecule has 0 fully saturated rings. The molecule has 33 heavy (non-hydrogen) atoms. The number of hydrogen-bond donors (Lipinski definition) is 2. The summed E-state index contributed by atoms with van der Waals surface area (Å²) < 4.78 is 27.9. The number of rotatable bonds is 9. The van der Waals surface area contributed by atoms with Gasteiger partial charge in [-0.3, -0.25) is 14.7 Å². The van der Waals surface area contributed by atoms with E-state index in [0.29, 0.717) is 15.9 Å². The lowest BCUT2D eigenvalue weighted by Gasteiger charge is -2.39. The maximum atomic E-state index is 13.7. The summed E-state index contributed by atoms with van der Waals surface area (Å²) in [4.78, 5) is 30.0. The van der Waals surface area contributed by atoms with E-state index in [-0.39, 0.29) is 17.8 Å². The molecule has 0 aliphatic heterocycles. The summed E-state index contributed by atoms with van der Waals surface area (Å²) in [6.07, 6.45) is 4.68. The number of aromatic nitrogens is 3. The Bertz CT molecular complexity index is 1030. The van der Waals surface area contributed by atoms with Gasteiger partial charge in [-0.25, -0.2) is 9.48 Å². The van der Waals surface area contributed by atoms with E-state index in [9.17, 15) is 23.5 Å². The van der Waals surface area contributed by atoms with Crippen LogP contribution in [-0.4, -0.2) is 42.3 Å². The number of alkyl halides is 2. The van der Waals surface area contributed by atoms with Crippen LogP contribution >= 0.6 is 0 Å². The van der Waals surface area contributed by atoms with E-state index >= 15 is 0 Å². The molecule has 2 aromatic heterocycles. The first-order valence-corrected chi connectivity index (χ1v) is 10.3. The average molecular weight is 462 g/mol. The minimum absolute atomic E-state index is 0.0201. The summed E-state index contributed by atoms with van der Waals surface area (Å²) in [7, 11) is 0. The van der Waals surface area contributed by atoms with E-state index in [2.05, 4.69) is 28.6 Å². The standard InChI is InChI=1S/C23H29F2N5O3/c1-7-9-18(29(22(32)33)23(4,5)6)16-12-15(10-11-26-16)19-17(13-27-30(19)21(24)25)28-20(31)14(3)8-2/h7-8,10-14,18,21H,1-2,9H2,3-6H3,(H,28,31)(H,32,33)/t14?,18-/m1/s1. The highest BCUT2D eigenvalue weighted by Gasteiger charge is 2.34. The number of nitrogens with one attached hydrogen (secondary N) is 1. The first-order chi connectivity index (χ1) is 15.4. The van der Waals surface area contributed by atoms with Crippen molar-refractivity contribution in [1.82, 2.24) is 19.7 Å². The topological polar surface area (TPSA) is 100 Å². The second-order valence-corrected chi connectivity index (χ2v) is 8.48. The van der Waals surface area contributed by atoms with Gasteiger partial charge in [-0.15, -0.1) is 13.2 Å². The zero-order chi connectivity index (χ0) is 24.9. The van der Waals surface area contributed by atoms with Crippen molar-refractivity contribution < 1.29 is 23.5 Å². The molecule has 2 heterocycles. The van der Waals surface area contributed by atoms with Crippen molar-refractivity contribution >= 4 is 17.7 Å². The zero-order valence-electron chi connectivity index (χ0n) is 19.1. The number of halogens is 2. The van der Waals surface area contributed by atoms with Gasteiger partial charge in [0.1, 0.15) is 0 Å². The second kappa shape index (κ2) is 10.4. The van der Waals surface area contributed by atoms with Crippen molar-refractivity contribution in [2.45, 2.75) is 52.2 Å². The largest absolute Gasteiger partial charge is 0.465 e. The van der Waals surface area contributed by atoms with Crippen LogP contribution in [0.25, 0.3) is 11.3 Å². The average Bonchev–Trinajstić information content (AvgIpc) is 3.15. The summed E-state index contributed by atoms with van der Waals surface area (Å²) in [6.45, 7) is 11.2. The Hall–Kier alpha value is -3.56. The molecular weight excluding hydrogens is 432 g/mol. The van der Waals surface area contributed by atoms with Crippen LogP contribution in [0.4, 0.5) is 19.3 Å². The number of carbonyl (C=O) groups excluding carboxylic acids is 1. The fourth-order valence-electron chi connectivity index (χ4n) is 3.42. The Balaban J connectivity index is 2.63. The lowest BCUT2D eigenvalue weighted by molar-refractivity contribution is -0.118. The molecule has 2 rings (SSSR count). The molecule has 2 atom stereocenters. The van der Waals surface area contributed by atoms with Crippen molar-refractivity contribution in [2.75, 3.05) is 5.32 Å². The Morgan fingerprint density at radius 2 is 2.00 bits per heavy atom. The summed E-state index contributed by atoms with van der Waals surface area (Å²) in [5, 5.41) is 16.2.